The molecule has 1 aliphatic heterocycles. The maximum absolute atomic E-state index is 12.5. The number of carbonyl (C=O) groups is 1. The van der Waals surface area contributed by atoms with E-state index in [1.807, 2.05) is 16.8 Å². The Morgan fingerprint density at radius 3 is 2.30 bits per heavy atom. The van der Waals surface area contributed by atoms with Gasteiger partial charge in [-0.05, 0) is 32.1 Å². The molecule has 0 radical (unpaired) electrons. The normalized spacial score (nSPS) is 25.5. The SMILES string of the molecule is CN(C(=O)N1CCCC(S(C)(=O)=O)CC1)C1CCCC1. The fourth-order valence-electron chi connectivity index (χ4n) is 3.36. The van der Waals surface area contributed by atoms with E-state index in [0.29, 0.717) is 32.0 Å². The Bertz CT molecular complexity index is 443. The van der Waals surface area contributed by atoms with Crippen LogP contribution >= 0.6 is 0 Å². The summed E-state index contributed by atoms with van der Waals surface area (Å²) in [5, 5.41) is -0.280. The van der Waals surface area contributed by atoms with Gasteiger partial charge < -0.3 is 9.80 Å². The van der Waals surface area contributed by atoms with Gasteiger partial charge in [0.05, 0.1) is 5.25 Å². The molecule has 0 aromatic heterocycles. The lowest BCUT2D eigenvalue weighted by Crippen LogP contribution is -2.45. The van der Waals surface area contributed by atoms with Gasteiger partial charge in [-0.25, -0.2) is 13.2 Å². The summed E-state index contributed by atoms with van der Waals surface area (Å²) in [6.45, 7) is 1.25. The number of hydrogen-bond donors (Lipinski definition) is 0. The van der Waals surface area contributed by atoms with Crippen molar-refractivity contribution >= 4 is 15.9 Å². The minimum atomic E-state index is -2.99. The topological polar surface area (TPSA) is 57.7 Å². The van der Waals surface area contributed by atoms with Gasteiger partial charge in [-0.2, -0.15) is 0 Å². The zero-order valence-electron chi connectivity index (χ0n) is 12.5. The van der Waals surface area contributed by atoms with Crippen LogP contribution in [-0.4, -0.2) is 61.9 Å². The highest BCUT2D eigenvalue weighted by atomic mass is 32.2. The molecule has 5 nitrogen and oxygen atoms in total. The van der Waals surface area contributed by atoms with E-state index in [1.54, 1.807) is 0 Å². The van der Waals surface area contributed by atoms with Gasteiger partial charge >= 0.3 is 6.03 Å². The lowest BCUT2D eigenvalue weighted by molar-refractivity contribution is 0.148. The molecule has 2 fully saturated rings. The second kappa shape index (κ2) is 6.33. The molecule has 1 saturated heterocycles. The third-order valence-corrected chi connectivity index (χ3v) is 6.41. The number of rotatable bonds is 2. The van der Waals surface area contributed by atoms with Crippen LogP contribution in [0.25, 0.3) is 0 Å². The van der Waals surface area contributed by atoms with Gasteiger partial charge in [0.25, 0.3) is 0 Å². The zero-order chi connectivity index (χ0) is 14.8. The van der Waals surface area contributed by atoms with E-state index in [0.717, 1.165) is 19.3 Å². The van der Waals surface area contributed by atoms with Gasteiger partial charge in [-0.15, -0.1) is 0 Å². The molecule has 1 saturated carbocycles. The van der Waals surface area contributed by atoms with Crippen LogP contribution in [0.2, 0.25) is 0 Å². The highest BCUT2D eigenvalue weighted by Crippen LogP contribution is 2.24. The summed E-state index contributed by atoms with van der Waals surface area (Å²) in [7, 11) is -1.10. The van der Waals surface area contributed by atoms with E-state index in [-0.39, 0.29) is 11.3 Å². The molecule has 0 aromatic rings. The number of sulfone groups is 1. The minimum absolute atomic E-state index is 0.0750. The largest absolute Gasteiger partial charge is 0.325 e. The molecule has 0 spiro atoms. The molecular formula is C14H26N2O3S. The van der Waals surface area contributed by atoms with E-state index in [2.05, 4.69) is 0 Å². The van der Waals surface area contributed by atoms with Gasteiger partial charge in [-0.3, -0.25) is 0 Å². The second-order valence-corrected chi connectivity index (χ2v) is 8.53. The molecule has 20 heavy (non-hydrogen) atoms. The van der Waals surface area contributed by atoms with Crippen molar-refractivity contribution in [2.75, 3.05) is 26.4 Å². The predicted molar refractivity (Wildman–Crippen MR) is 79.5 cm³/mol. The van der Waals surface area contributed by atoms with Crippen molar-refractivity contribution in [3.63, 3.8) is 0 Å². The van der Waals surface area contributed by atoms with Crippen molar-refractivity contribution in [1.29, 1.82) is 0 Å². The van der Waals surface area contributed by atoms with Crippen LogP contribution in [0.15, 0.2) is 0 Å². The highest BCUT2D eigenvalue weighted by molar-refractivity contribution is 7.91. The molecule has 0 N–H and O–H groups in total. The Morgan fingerprint density at radius 2 is 1.70 bits per heavy atom. The van der Waals surface area contributed by atoms with E-state index in [4.69, 9.17) is 0 Å². The molecular weight excluding hydrogens is 276 g/mol. The lowest BCUT2D eigenvalue weighted by Gasteiger charge is -2.31. The average Bonchev–Trinajstić information content (AvgIpc) is 2.79. The standard InChI is InChI=1S/C14H26N2O3S/c1-15(12-6-3-4-7-12)14(17)16-10-5-8-13(9-11-16)20(2,18)19/h12-13H,3-11H2,1-2H3. The zero-order valence-corrected chi connectivity index (χ0v) is 13.4. The Balaban J connectivity index is 1.94. The molecule has 116 valence electrons. The fraction of sp³-hybridized carbons (Fsp3) is 0.929. The fourth-order valence-corrected chi connectivity index (χ4v) is 4.48. The van der Waals surface area contributed by atoms with E-state index >= 15 is 0 Å². The van der Waals surface area contributed by atoms with Gasteiger partial charge in [0, 0.05) is 32.4 Å². The Kier molecular flexibility index (Phi) is 4.94. The average molecular weight is 302 g/mol. The number of likely N-dealkylation sites (tertiary alicyclic amines) is 1. The van der Waals surface area contributed by atoms with Crippen molar-refractivity contribution in [2.45, 2.75) is 56.2 Å². The van der Waals surface area contributed by atoms with Gasteiger partial charge in [-0.1, -0.05) is 12.8 Å². The summed E-state index contributed by atoms with van der Waals surface area (Å²) in [6, 6.07) is 0.447. The molecule has 1 unspecified atom stereocenters. The van der Waals surface area contributed by atoms with Gasteiger partial charge in [0.1, 0.15) is 9.84 Å². The third kappa shape index (κ3) is 3.65. The van der Waals surface area contributed by atoms with E-state index in [9.17, 15) is 13.2 Å². The maximum atomic E-state index is 12.5. The first-order valence-electron chi connectivity index (χ1n) is 7.60. The quantitative estimate of drug-likeness (QED) is 0.782. The van der Waals surface area contributed by atoms with Crippen molar-refractivity contribution in [3.05, 3.63) is 0 Å². The summed E-state index contributed by atoms with van der Waals surface area (Å²) < 4.78 is 23.3. The number of carbonyl (C=O) groups excluding carboxylic acids is 1. The smallest absolute Gasteiger partial charge is 0.319 e. The summed E-state index contributed by atoms with van der Waals surface area (Å²) >= 11 is 0. The van der Waals surface area contributed by atoms with Crippen molar-refractivity contribution in [3.8, 4) is 0 Å². The van der Waals surface area contributed by atoms with Crippen LogP contribution in [0, 0.1) is 0 Å². The van der Waals surface area contributed by atoms with Gasteiger partial charge in [0.2, 0.25) is 0 Å². The maximum Gasteiger partial charge on any atom is 0.319 e. The van der Waals surface area contributed by atoms with Crippen molar-refractivity contribution in [1.82, 2.24) is 9.80 Å². The predicted octanol–water partition coefficient (Wildman–Crippen LogP) is 1.88. The second-order valence-electron chi connectivity index (χ2n) is 6.20. The summed E-state index contributed by atoms with van der Waals surface area (Å²) in [5.41, 5.74) is 0. The Labute approximate surface area is 122 Å². The van der Waals surface area contributed by atoms with Crippen LogP contribution in [-0.2, 0) is 9.84 Å². The molecule has 2 amide bonds. The Morgan fingerprint density at radius 1 is 1.05 bits per heavy atom. The van der Waals surface area contributed by atoms with Crippen LogP contribution in [0.4, 0.5) is 4.79 Å². The lowest BCUT2D eigenvalue weighted by atomic mass is 10.2. The van der Waals surface area contributed by atoms with E-state index < -0.39 is 9.84 Å². The van der Waals surface area contributed by atoms with Crippen molar-refractivity contribution < 1.29 is 13.2 Å². The monoisotopic (exact) mass is 302 g/mol. The first kappa shape index (κ1) is 15.6. The molecule has 1 atom stereocenters. The van der Waals surface area contributed by atoms with E-state index in [1.165, 1.54) is 19.1 Å². The summed E-state index contributed by atoms with van der Waals surface area (Å²) in [5.74, 6) is 0. The number of hydrogen-bond acceptors (Lipinski definition) is 3. The Hall–Kier alpha value is -0.780. The third-order valence-electron chi connectivity index (χ3n) is 4.73. The van der Waals surface area contributed by atoms with Crippen molar-refractivity contribution in [2.24, 2.45) is 0 Å². The molecule has 0 bridgehead atoms. The molecule has 0 aromatic carbocycles. The minimum Gasteiger partial charge on any atom is -0.325 e. The van der Waals surface area contributed by atoms with Crippen LogP contribution in [0.1, 0.15) is 44.9 Å². The molecule has 1 heterocycles. The molecule has 1 aliphatic carbocycles. The van der Waals surface area contributed by atoms with Crippen LogP contribution in [0.5, 0.6) is 0 Å². The van der Waals surface area contributed by atoms with Gasteiger partial charge in [0.15, 0.2) is 0 Å². The number of amides is 2. The molecule has 2 rings (SSSR count). The summed E-state index contributed by atoms with van der Waals surface area (Å²) in [6.07, 6.45) is 7.95. The molecule has 6 heteroatoms. The summed E-state index contributed by atoms with van der Waals surface area (Å²) in [4.78, 5) is 16.2. The highest BCUT2D eigenvalue weighted by Gasteiger charge is 2.30. The first-order chi connectivity index (χ1) is 9.39. The van der Waals surface area contributed by atoms with Crippen LogP contribution < -0.4 is 0 Å². The van der Waals surface area contributed by atoms with Crippen LogP contribution in [0.3, 0.4) is 0 Å². The first-order valence-corrected chi connectivity index (χ1v) is 9.55. The number of nitrogens with zero attached hydrogens (tertiary/aromatic N) is 2. The number of urea groups is 1. The molecule has 2 aliphatic rings.